The molecule has 0 atom stereocenters. The van der Waals surface area contributed by atoms with Crippen LogP contribution in [0.2, 0.25) is 0 Å². The molecule has 0 amide bonds. The maximum Gasteiger partial charge on any atom is 0.127 e. The normalized spacial score (nSPS) is 11.8. The monoisotopic (exact) mass is 195 g/mol. The van der Waals surface area contributed by atoms with Gasteiger partial charge in [0.1, 0.15) is 5.82 Å². The molecule has 14 heavy (non-hydrogen) atoms. The first kappa shape index (κ1) is 11.2. The zero-order valence-corrected chi connectivity index (χ0v) is 9.10. The van der Waals surface area contributed by atoms with Gasteiger partial charge in [0.2, 0.25) is 0 Å². The highest BCUT2D eigenvalue weighted by Crippen LogP contribution is 2.31. The van der Waals surface area contributed by atoms with E-state index in [4.69, 9.17) is 5.73 Å². The number of benzene rings is 1. The van der Waals surface area contributed by atoms with Gasteiger partial charge in [-0.05, 0) is 42.5 Å². The topological polar surface area (TPSA) is 26.0 Å². The van der Waals surface area contributed by atoms with Crippen LogP contribution in [0.25, 0.3) is 0 Å². The van der Waals surface area contributed by atoms with Gasteiger partial charge in [-0.15, -0.1) is 0 Å². The van der Waals surface area contributed by atoms with Gasteiger partial charge in [0.15, 0.2) is 0 Å². The van der Waals surface area contributed by atoms with Crippen molar-refractivity contribution >= 4 is 0 Å². The summed E-state index contributed by atoms with van der Waals surface area (Å²) < 4.78 is 13.6. The van der Waals surface area contributed by atoms with E-state index in [1.165, 1.54) is 6.07 Å². The molecule has 0 aliphatic carbocycles. The maximum absolute atomic E-state index is 13.6. The van der Waals surface area contributed by atoms with Gasteiger partial charge in [0.05, 0.1) is 0 Å². The van der Waals surface area contributed by atoms with Gasteiger partial charge in [-0.25, -0.2) is 4.39 Å². The Morgan fingerprint density at radius 2 is 2.00 bits per heavy atom. The molecule has 0 aliphatic heterocycles. The minimum atomic E-state index is -0.176. The van der Waals surface area contributed by atoms with Gasteiger partial charge in [0.25, 0.3) is 0 Å². The first-order valence-electron chi connectivity index (χ1n) is 4.94. The lowest BCUT2D eigenvalue weighted by atomic mass is 9.79. The van der Waals surface area contributed by atoms with Crippen molar-refractivity contribution in [1.29, 1.82) is 0 Å². The molecule has 0 spiro atoms. The summed E-state index contributed by atoms with van der Waals surface area (Å²) in [4.78, 5) is 0. The number of halogens is 1. The minimum Gasteiger partial charge on any atom is -0.330 e. The highest BCUT2D eigenvalue weighted by Gasteiger charge is 2.24. The Morgan fingerprint density at radius 3 is 2.50 bits per heavy atom. The molecule has 0 saturated heterocycles. The summed E-state index contributed by atoms with van der Waals surface area (Å²) in [5, 5.41) is 0. The fourth-order valence-corrected chi connectivity index (χ4v) is 1.97. The van der Waals surface area contributed by atoms with Gasteiger partial charge in [-0.3, -0.25) is 0 Å². The molecular formula is C12H18FN. The van der Waals surface area contributed by atoms with Gasteiger partial charge in [-0.2, -0.15) is 0 Å². The molecule has 0 aromatic heterocycles. The number of rotatable bonds is 3. The van der Waals surface area contributed by atoms with Crippen molar-refractivity contribution in [3.63, 3.8) is 0 Å². The molecule has 0 fully saturated rings. The first-order valence-corrected chi connectivity index (χ1v) is 4.94. The Kier molecular flexibility index (Phi) is 3.27. The molecule has 0 radical (unpaired) electrons. The minimum absolute atomic E-state index is 0.122. The summed E-state index contributed by atoms with van der Waals surface area (Å²) in [6.45, 7) is 6.59. The average Bonchev–Trinajstić information content (AvgIpc) is 2.02. The van der Waals surface area contributed by atoms with E-state index in [1.54, 1.807) is 6.07 Å². The van der Waals surface area contributed by atoms with Crippen molar-refractivity contribution in [3.8, 4) is 0 Å². The second kappa shape index (κ2) is 4.09. The van der Waals surface area contributed by atoms with E-state index < -0.39 is 0 Å². The highest BCUT2D eigenvalue weighted by molar-refractivity contribution is 5.33. The predicted molar refractivity (Wildman–Crippen MR) is 57.8 cm³/mol. The smallest absolute Gasteiger partial charge is 0.127 e. The molecule has 1 nitrogen and oxygen atoms in total. The SMILES string of the molecule is Cc1cccc(F)c1C(C)(C)CCN. The van der Waals surface area contributed by atoms with Gasteiger partial charge in [0, 0.05) is 0 Å². The molecule has 0 aliphatic rings. The molecule has 0 heterocycles. The second-order valence-electron chi connectivity index (χ2n) is 4.35. The van der Waals surface area contributed by atoms with Crippen molar-refractivity contribution in [1.82, 2.24) is 0 Å². The maximum atomic E-state index is 13.6. The molecule has 0 bridgehead atoms. The van der Waals surface area contributed by atoms with E-state index in [0.717, 1.165) is 17.5 Å². The molecule has 78 valence electrons. The van der Waals surface area contributed by atoms with Crippen molar-refractivity contribution in [2.24, 2.45) is 5.73 Å². The van der Waals surface area contributed by atoms with Crippen molar-refractivity contribution in [3.05, 3.63) is 35.1 Å². The number of hydrogen-bond donors (Lipinski definition) is 1. The van der Waals surface area contributed by atoms with Crippen molar-refractivity contribution in [2.75, 3.05) is 6.54 Å². The number of nitrogens with two attached hydrogens (primary N) is 1. The first-order chi connectivity index (χ1) is 6.49. The van der Waals surface area contributed by atoms with E-state index in [0.29, 0.717) is 6.54 Å². The summed E-state index contributed by atoms with van der Waals surface area (Å²) in [6.07, 6.45) is 0.800. The van der Waals surface area contributed by atoms with Crippen molar-refractivity contribution < 1.29 is 4.39 Å². The van der Waals surface area contributed by atoms with E-state index >= 15 is 0 Å². The summed E-state index contributed by atoms with van der Waals surface area (Å²) in [7, 11) is 0. The molecule has 2 N–H and O–H groups in total. The molecule has 1 aromatic carbocycles. The number of hydrogen-bond acceptors (Lipinski definition) is 1. The fourth-order valence-electron chi connectivity index (χ4n) is 1.97. The molecule has 0 unspecified atom stereocenters. The van der Waals surface area contributed by atoms with Crippen LogP contribution in [0.1, 0.15) is 31.4 Å². The zero-order valence-electron chi connectivity index (χ0n) is 9.10. The van der Waals surface area contributed by atoms with Crippen LogP contribution < -0.4 is 5.73 Å². The van der Waals surface area contributed by atoms with Gasteiger partial charge < -0.3 is 5.73 Å². The summed E-state index contributed by atoms with van der Waals surface area (Å²) in [6, 6.07) is 5.20. The Hall–Kier alpha value is -0.890. The third-order valence-electron chi connectivity index (χ3n) is 2.67. The standard InChI is InChI=1S/C12H18FN/c1-9-5-4-6-10(13)11(9)12(2,3)7-8-14/h4-6H,7-8,14H2,1-3H3. The molecular weight excluding hydrogens is 177 g/mol. The Balaban J connectivity index is 3.17. The van der Waals surface area contributed by atoms with Crippen LogP contribution in [0.4, 0.5) is 4.39 Å². The van der Waals surface area contributed by atoms with Gasteiger partial charge in [-0.1, -0.05) is 26.0 Å². The molecule has 1 rings (SSSR count). The lowest BCUT2D eigenvalue weighted by Gasteiger charge is -2.26. The van der Waals surface area contributed by atoms with Crippen LogP contribution >= 0.6 is 0 Å². The molecule has 2 heteroatoms. The summed E-state index contributed by atoms with van der Waals surface area (Å²) in [5.74, 6) is -0.122. The van der Waals surface area contributed by atoms with Crippen LogP contribution in [0, 0.1) is 12.7 Å². The van der Waals surface area contributed by atoms with Gasteiger partial charge >= 0.3 is 0 Å². The molecule has 1 aromatic rings. The lowest BCUT2D eigenvalue weighted by molar-refractivity contribution is 0.453. The van der Waals surface area contributed by atoms with E-state index in [-0.39, 0.29) is 11.2 Å². The Labute approximate surface area is 85.1 Å². The Bertz CT molecular complexity index is 298. The van der Waals surface area contributed by atoms with Crippen LogP contribution in [-0.2, 0) is 5.41 Å². The number of aryl methyl sites for hydroxylation is 1. The predicted octanol–water partition coefficient (Wildman–Crippen LogP) is 2.76. The second-order valence-corrected chi connectivity index (χ2v) is 4.35. The average molecular weight is 195 g/mol. The third kappa shape index (κ3) is 2.13. The zero-order chi connectivity index (χ0) is 10.8. The highest BCUT2D eigenvalue weighted by atomic mass is 19.1. The lowest BCUT2D eigenvalue weighted by Crippen LogP contribution is -2.24. The largest absolute Gasteiger partial charge is 0.330 e. The van der Waals surface area contributed by atoms with E-state index in [2.05, 4.69) is 0 Å². The van der Waals surface area contributed by atoms with Crippen LogP contribution in [0.3, 0.4) is 0 Å². The quantitative estimate of drug-likeness (QED) is 0.788. The van der Waals surface area contributed by atoms with Crippen molar-refractivity contribution in [2.45, 2.75) is 32.6 Å². The third-order valence-corrected chi connectivity index (χ3v) is 2.67. The van der Waals surface area contributed by atoms with E-state index in [1.807, 2.05) is 26.8 Å². The summed E-state index contributed by atoms with van der Waals surface area (Å²) in [5.41, 5.74) is 7.15. The van der Waals surface area contributed by atoms with Crippen LogP contribution in [-0.4, -0.2) is 6.54 Å². The molecule has 0 saturated carbocycles. The van der Waals surface area contributed by atoms with Crippen LogP contribution in [0.5, 0.6) is 0 Å². The summed E-state index contributed by atoms with van der Waals surface area (Å²) >= 11 is 0. The van der Waals surface area contributed by atoms with Crippen LogP contribution in [0.15, 0.2) is 18.2 Å². The Morgan fingerprint density at radius 1 is 1.36 bits per heavy atom. The fraction of sp³-hybridized carbons (Fsp3) is 0.500. The van der Waals surface area contributed by atoms with E-state index in [9.17, 15) is 4.39 Å².